The average Bonchev–Trinajstić information content (AvgIpc) is 2.97. The van der Waals surface area contributed by atoms with Crippen molar-refractivity contribution in [2.75, 3.05) is 31.6 Å². The summed E-state index contributed by atoms with van der Waals surface area (Å²) in [5.41, 5.74) is 5.93. The van der Waals surface area contributed by atoms with Crippen LogP contribution in [-0.4, -0.2) is 32.8 Å². The number of halogens is 1. The van der Waals surface area contributed by atoms with E-state index in [-0.39, 0.29) is 5.82 Å². The van der Waals surface area contributed by atoms with Gasteiger partial charge in [0, 0.05) is 42.4 Å². The van der Waals surface area contributed by atoms with Gasteiger partial charge in [-0.1, -0.05) is 0 Å². The van der Waals surface area contributed by atoms with Gasteiger partial charge in [0.25, 0.3) is 0 Å². The van der Waals surface area contributed by atoms with Gasteiger partial charge < -0.3 is 15.0 Å². The van der Waals surface area contributed by atoms with Gasteiger partial charge in [-0.25, -0.2) is 4.39 Å². The van der Waals surface area contributed by atoms with Crippen LogP contribution >= 0.6 is 0 Å². The summed E-state index contributed by atoms with van der Waals surface area (Å²) >= 11 is 0. The van der Waals surface area contributed by atoms with Crippen molar-refractivity contribution in [2.24, 2.45) is 0 Å². The topological polar surface area (TPSA) is 24.5 Å². The molecule has 0 spiro atoms. The molecule has 2 atom stereocenters. The van der Waals surface area contributed by atoms with E-state index in [9.17, 15) is 4.39 Å². The summed E-state index contributed by atoms with van der Waals surface area (Å²) in [5, 5.41) is 3.55. The zero-order valence-electron chi connectivity index (χ0n) is 14.5. The second-order valence-electron chi connectivity index (χ2n) is 7.38. The maximum absolute atomic E-state index is 14.6. The molecule has 2 aromatic carbocycles. The van der Waals surface area contributed by atoms with Gasteiger partial charge in [-0.05, 0) is 66.8 Å². The van der Waals surface area contributed by atoms with Gasteiger partial charge in [0.2, 0.25) is 0 Å². The number of hydrogen-bond donors (Lipinski definition) is 1. The Balaban J connectivity index is 1.65. The second-order valence-corrected chi connectivity index (χ2v) is 7.38. The highest BCUT2D eigenvalue weighted by molar-refractivity contribution is 5.77. The first-order valence-corrected chi connectivity index (χ1v) is 9.24. The predicted molar refractivity (Wildman–Crippen MR) is 98.1 cm³/mol. The molecule has 3 heterocycles. The minimum absolute atomic E-state index is 0.213. The van der Waals surface area contributed by atoms with Crippen LogP contribution in [0.5, 0.6) is 5.75 Å². The van der Waals surface area contributed by atoms with Crippen LogP contribution in [0.2, 0.25) is 0 Å². The Kier molecular flexibility index (Phi) is 3.49. The molecule has 1 fully saturated rings. The number of aryl methyl sites for hydroxylation is 1. The van der Waals surface area contributed by atoms with Crippen LogP contribution in [0.15, 0.2) is 30.3 Å². The van der Waals surface area contributed by atoms with Crippen molar-refractivity contribution in [3.05, 3.63) is 47.3 Å². The van der Waals surface area contributed by atoms with Crippen molar-refractivity contribution < 1.29 is 9.13 Å². The van der Waals surface area contributed by atoms with Crippen LogP contribution in [0.4, 0.5) is 10.1 Å². The molecule has 1 saturated heterocycles. The van der Waals surface area contributed by atoms with Crippen molar-refractivity contribution in [2.45, 2.75) is 31.2 Å². The average molecular weight is 338 g/mol. The van der Waals surface area contributed by atoms with E-state index in [2.05, 4.69) is 22.3 Å². The Hall–Kier alpha value is -2.07. The molecule has 130 valence electrons. The molecule has 4 heteroatoms. The van der Waals surface area contributed by atoms with E-state index < -0.39 is 0 Å². The van der Waals surface area contributed by atoms with Gasteiger partial charge in [-0.2, -0.15) is 0 Å². The number of ether oxygens (including phenoxy) is 1. The molecule has 0 aliphatic carbocycles. The van der Waals surface area contributed by atoms with Crippen LogP contribution < -0.4 is 15.0 Å². The molecule has 0 radical (unpaired) electrons. The van der Waals surface area contributed by atoms with Crippen LogP contribution in [0.1, 0.15) is 29.9 Å². The minimum atomic E-state index is -0.213. The third-order valence-corrected chi connectivity index (χ3v) is 6.08. The lowest BCUT2D eigenvalue weighted by molar-refractivity contribution is 0.400. The Bertz CT molecular complexity index is 835. The summed E-state index contributed by atoms with van der Waals surface area (Å²) in [6, 6.07) is 10.2. The number of benzene rings is 2. The molecule has 25 heavy (non-hydrogen) atoms. The number of piperidine rings is 1. The van der Waals surface area contributed by atoms with E-state index in [0.717, 1.165) is 31.6 Å². The molecule has 3 nitrogen and oxygen atoms in total. The molecule has 2 aromatic rings. The van der Waals surface area contributed by atoms with E-state index in [1.54, 1.807) is 7.11 Å². The Morgan fingerprint density at radius 1 is 1.24 bits per heavy atom. The lowest BCUT2D eigenvalue weighted by Crippen LogP contribution is -2.45. The quantitative estimate of drug-likeness (QED) is 0.903. The van der Waals surface area contributed by atoms with E-state index in [1.807, 2.05) is 12.1 Å². The third kappa shape index (κ3) is 2.27. The van der Waals surface area contributed by atoms with E-state index in [1.165, 1.54) is 35.7 Å². The zero-order chi connectivity index (χ0) is 17.0. The number of rotatable bonds is 2. The Morgan fingerprint density at radius 3 is 3.00 bits per heavy atom. The summed E-state index contributed by atoms with van der Waals surface area (Å²) in [6.45, 7) is 3.29. The summed E-state index contributed by atoms with van der Waals surface area (Å²) in [4.78, 5) is 2.63. The third-order valence-electron chi connectivity index (χ3n) is 6.08. The van der Waals surface area contributed by atoms with Crippen molar-refractivity contribution in [1.82, 2.24) is 5.32 Å². The van der Waals surface area contributed by atoms with Crippen molar-refractivity contribution >= 4 is 5.69 Å². The van der Waals surface area contributed by atoms with Gasteiger partial charge in [-0.15, -0.1) is 0 Å². The fourth-order valence-electron chi connectivity index (χ4n) is 4.97. The van der Waals surface area contributed by atoms with E-state index in [4.69, 9.17) is 4.74 Å². The molecule has 0 saturated carbocycles. The normalized spacial score (nSPS) is 24.0. The molecule has 0 amide bonds. The van der Waals surface area contributed by atoms with E-state index in [0.29, 0.717) is 23.3 Å². The largest absolute Gasteiger partial charge is 0.497 e. The molecule has 1 N–H and O–H groups in total. The van der Waals surface area contributed by atoms with Gasteiger partial charge in [0.05, 0.1) is 7.11 Å². The number of hydrogen-bond acceptors (Lipinski definition) is 3. The molecule has 0 bridgehead atoms. The summed E-state index contributed by atoms with van der Waals surface area (Å²) in [5.74, 6) is 0.879. The lowest BCUT2D eigenvalue weighted by atomic mass is 9.87. The van der Waals surface area contributed by atoms with Crippen molar-refractivity contribution in [1.29, 1.82) is 0 Å². The van der Waals surface area contributed by atoms with Crippen LogP contribution in [0.25, 0.3) is 11.1 Å². The number of nitrogens with zero attached hydrogens (tertiary/aromatic N) is 1. The summed E-state index contributed by atoms with van der Waals surface area (Å²) in [6.07, 6.45) is 3.49. The van der Waals surface area contributed by atoms with Crippen LogP contribution in [0.3, 0.4) is 0 Å². The first-order valence-electron chi connectivity index (χ1n) is 9.24. The number of anilines is 1. The Morgan fingerprint density at radius 2 is 2.16 bits per heavy atom. The highest BCUT2D eigenvalue weighted by Crippen LogP contribution is 2.49. The highest BCUT2D eigenvalue weighted by Gasteiger charge is 2.42. The monoisotopic (exact) mass is 338 g/mol. The molecule has 3 aliphatic rings. The first kappa shape index (κ1) is 15.2. The van der Waals surface area contributed by atoms with Gasteiger partial charge in [0.1, 0.15) is 11.6 Å². The van der Waals surface area contributed by atoms with Gasteiger partial charge in [0.15, 0.2) is 0 Å². The van der Waals surface area contributed by atoms with Crippen LogP contribution in [0, 0.1) is 5.82 Å². The number of nitrogens with one attached hydrogen (secondary N) is 1. The highest BCUT2D eigenvalue weighted by atomic mass is 19.1. The zero-order valence-corrected chi connectivity index (χ0v) is 14.5. The SMILES string of the molecule is COc1ccc(-c2cc3c4c(c2)[C@H]2CNCC[C@H]2N4CCC3)c(F)c1. The predicted octanol–water partition coefficient (Wildman–Crippen LogP) is 3.71. The molecular formula is C21H23FN2O. The van der Waals surface area contributed by atoms with Crippen molar-refractivity contribution in [3.63, 3.8) is 0 Å². The fraction of sp³-hybridized carbons (Fsp3) is 0.429. The van der Waals surface area contributed by atoms with Gasteiger partial charge >= 0.3 is 0 Å². The molecule has 3 aliphatic heterocycles. The number of methoxy groups -OCH3 is 1. The fourth-order valence-corrected chi connectivity index (χ4v) is 4.97. The molecular weight excluding hydrogens is 315 g/mol. The molecule has 5 rings (SSSR count). The smallest absolute Gasteiger partial charge is 0.134 e. The maximum atomic E-state index is 14.6. The van der Waals surface area contributed by atoms with Gasteiger partial charge in [-0.3, -0.25) is 0 Å². The summed E-state index contributed by atoms with van der Waals surface area (Å²) in [7, 11) is 1.57. The first-order chi connectivity index (χ1) is 12.3. The Labute approximate surface area is 147 Å². The second kappa shape index (κ2) is 5.73. The molecule has 0 unspecified atom stereocenters. The standard InChI is InChI=1S/C21H23FN2O/c1-25-15-4-5-16(19(22)11-15)14-9-13-3-2-8-24-20-6-7-23-12-18(20)17(10-14)21(13)24/h4-5,9-11,18,20,23H,2-3,6-8,12H2,1H3/t18-,20-/m1/s1. The van der Waals surface area contributed by atoms with Crippen molar-refractivity contribution in [3.8, 4) is 16.9 Å². The summed E-state index contributed by atoms with van der Waals surface area (Å²) < 4.78 is 19.8. The van der Waals surface area contributed by atoms with E-state index >= 15 is 0 Å². The lowest BCUT2D eigenvalue weighted by Gasteiger charge is -2.36. The molecule has 0 aromatic heterocycles. The number of fused-ring (bicyclic) bond motifs is 3. The minimum Gasteiger partial charge on any atom is -0.497 e. The van der Waals surface area contributed by atoms with Crippen LogP contribution in [-0.2, 0) is 6.42 Å². The maximum Gasteiger partial charge on any atom is 0.134 e.